The van der Waals surface area contributed by atoms with Crippen molar-refractivity contribution >= 4 is 21.6 Å². The molecule has 0 aliphatic heterocycles. The van der Waals surface area contributed by atoms with Gasteiger partial charge in [-0.3, -0.25) is 0 Å². The predicted molar refractivity (Wildman–Crippen MR) is 125 cm³/mol. The van der Waals surface area contributed by atoms with Gasteiger partial charge in [-0.25, -0.2) is 12.7 Å². The Labute approximate surface area is 190 Å². The van der Waals surface area contributed by atoms with E-state index >= 15 is 0 Å². The Hall–Kier alpha value is -1.60. The van der Waals surface area contributed by atoms with Gasteiger partial charge in [0, 0.05) is 30.6 Å². The van der Waals surface area contributed by atoms with Crippen molar-refractivity contribution in [3.8, 4) is 5.75 Å². The van der Waals surface area contributed by atoms with E-state index in [0.29, 0.717) is 19.1 Å². The highest BCUT2D eigenvalue weighted by Gasteiger charge is 2.30. The largest absolute Gasteiger partial charge is 0.492 e. The van der Waals surface area contributed by atoms with E-state index in [1.165, 1.54) is 21.0 Å². The van der Waals surface area contributed by atoms with E-state index in [0.717, 1.165) is 42.9 Å². The van der Waals surface area contributed by atoms with Gasteiger partial charge in [-0.05, 0) is 79.0 Å². The quantitative estimate of drug-likeness (QED) is 0.611. The van der Waals surface area contributed by atoms with Crippen molar-refractivity contribution in [3.05, 3.63) is 64.2 Å². The molecule has 0 aromatic heterocycles. The number of hydrogen-bond donors (Lipinski definition) is 1. The molecule has 2 aromatic rings. The monoisotopic (exact) mass is 462 g/mol. The van der Waals surface area contributed by atoms with Crippen LogP contribution in [0.1, 0.15) is 41.9 Å². The van der Waals surface area contributed by atoms with Gasteiger partial charge in [-0.1, -0.05) is 29.8 Å². The molecule has 4 rings (SSSR count). The molecule has 2 atom stereocenters. The highest BCUT2D eigenvalue weighted by Crippen LogP contribution is 2.36. The normalized spacial score (nSPS) is 21.2. The van der Waals surface area contributed by atoms with E-state index in [2.05, 4.69) is 24.3 Å². The summed E-state index contributed by atoms with van der Waals surface area (Å²) in [6.45, 7) is 0.674. The Bertz CT molecular complexity index is 1010. The second-order valence-corrected chi connectivity index (χ2v) is 11.4. The topological polar surface area (TPSA) is 72.6 Å². The van der Waals surface area contributed by atoms with Crippen molar-refractivity contribution in [3.63, 3.8) is 0 Å². The van der Waals surface area contributed by atoms with Gasteiger partial charge in [0.2, 0.25) is 10.0 Å². The van der Waals surface area contributed by atoms with E-state index in [1.807, 2.05) is 18.2 Å². The first-order valence-corrected chi connectivity index (χ1v) is 13.0. The van der Waals surface area contributed by atoms with Crippen molar-refractivity contribution < 1.29 is 13.2 Å². The van der Waals surface area contributed by atoms with Crippen LogP contribution in [0.15, 0.2) is 42.5 Å². The maximum Gasteiger partial charge on any atom is 0.214 e. The minimum Gasteiger partial charge on any atom is -0.492 e. The molecule has 2 aliphatic carbocycles. The molecule has 0 heterocycles. The molecular weight excluding hydrogens is 432 g/mol. The van der Waals surface area contributed by atoms with Gasteiger partial charge in [-0.15, -0.1) is 0 Å². The third kappa shape index (κ3) is 5.80. The molecule has 168 valence electrons. The summed E-state index contributed by atoms with van der Waals surface area (Å²) in [5.41, 5.74) is 10.3. The summed E-state index contributed by atoms with van der Waals surface area (Å²) in [5, 5.41) is 0.733. The molecule has 7 heteroatoms. The third-order valence-corrected chi connectivity index (χ3v) is 8.72. The number of nitrogens with zero attached hydrogens (tertiary/aromatic N) is 1. The minimum atomic E-state index is -3.19. The van der Waals surface area contributed by atoms with E-state index < -0.39 is 10.0 Å². The standard InChI is InChI=1S/C24H31ClN2O3S/c1-27(31(28,29)16-18-2-3-18)12-13-30-21-10-6-19-7-11-24(26)23(22(19)15-21)14-17-4-8-20(25)9-5-17/h4-6,8-10,15,18,23-24H,2-3,7,11-14,16,26H2,1H3. The third-order valence-electron chi connectivity index (χ3n) is 6.44. The van der Waals surface area contributed by atoms with E-state index in [4.69, 9.17) is 22.1 Å². The summed E-state index contributed by atoms with van der Waals surface area (Å²) >= 11 is 6.03. The fourth-order valence-corrected chi connectivity index (χ4v) is 5.93. The molecular formula is C24H31ClN2O3S. The van der Waals surface area contributed by atoms with Crippen LogP contribution < -0.4 is 10.5 Å². The van der Waals surface area contributed by atoms with E-state index in [1.54, 1.807) is 7.05 Å². The highest BCUT2D eigenvalue weighted by molar-refractivity contribution is 7.89. The Balaban J connectivity index is 1.41. The minimum absolute atomic E-state index is 0.0946. The summed E-state index contributed by atoms with van der Waals surface area (Å²) in [4.78, 5) is 0. The second-order valence-electron chi connectivity index (χ2n) is 8.89. The molecule has 5 nitrogen and oxygen atoms in total. The number of nitrogens with two attached hydrogens (primary N) is 1. The molecule has 0 amide bonds. The first-order chi connectivity index (χ1) is 14.8. The highest BCUT2D eigenvalue weighted by atomic mass is 35.5. The molecule has 2 unspecified atom stereocenters. The van der Waals surface area contributed by atoms with Crippen LogP contribution in [0.5, 0.6) is 5.75 Å². The van der Waals surface area contributed by atoms with Gasteiger partial charge in [-0.2, -0.15) is 0 Å². The fourth-order valence-electron chi connectivity index (χ4n) is 4.27. The molecule has 0 radical (unpaired) electrons. The molecule has 2 N–H and O–H groups in total. The van der Waals surface area contributed by atoms with Crippen molar-refractivity contribution in [2.45, 2.75) is 44.1 Å². The molecule has 0 saturated heterocycles. The molecule has 2 aliphatic rings. The number of rotatable bonds is 9. The van der Waals surface area contributed by atoms with Gasteiger partial charge >= 0.3 is 0 Å². The lowest BCUT2D eigenvalue weighted by molar-refractivity contribution is 0.286. The van der Waals surface area contributed by atoms with Crippen molar-refractivity contribution in [1.29, 1.82) is 0 Å². The van der Waals surface area contributed by atoms with Crippen LogP contribution >= 0.6 is 11.6 Å². The van der Waals surface area contributed by atoms with Crippen LogP contribution in [0.25, 0.3) is 0 Å². The lowest BCUT2D eigenvalue weighted by Crippen LogP contribution is -2.34. The van der Waals surface area contributed by atoms with Gasteiger partial charge < -0.3 is 10.5 Å². The lowest BCUT2D eigenvalue weighted by Gasteiger charge is -2.32. The van der Waals surface area contributed by atoms with E-state index in [-0.39, 0.29) is 17.7 Å². The van der Waals surface area contributed by atoms with Crippen LogP contribution in [0.3, 0.4) is 0 Å². The predicted octanol–water partition coefficient (Wildman–Crippen LogP) is 3.99. The zero-order chi connectivity index (χ0) is 22.0. The number of fused-ring (bicyclic) bond motifs is 1. The smallest absolute Gasteiger partial charge is 0.214 e. The van der Waals surface area contributed by atoms with E-state index in [9.17, 15) is 8.42 Å². The first kappa shape index (κ1) is 22.6. The number of sulfonamides is 1. The number of benzene rings is 2. The molecule has 1 fully saturated rings. The number of likely N-dealkylation sites (N-methyl/N-ethyl adjacent to an activating group) is 1. The molecule has 31 heavy (non-hydrogen) atoms. The van der Waals surface area contributed by atoms with Crippen molar-refractivity contribution in [2.75, 3.05) is 26.0 Å². The van der Waals surface area contributed by atoms with Crippen LogP contribution in [0.4, 0.5) is 0 Å². The molecule has 0 bridgehead atoms. The molecule has 2 aromatic carbocycles. The average molecular weight is 463 g/mol. The Morgan fingerprint density at radius 3 is 2.58 bits per heavy atom. The summed E-state index contributed by atoms with van der Waals surface area (Å²) in [7, 11) is -1.56. The number of halogens is 1. The number of aryl methyl sites for hydroxylation is 1. The zero-order valence-electron chi connectivity index (χ0n) is 18.0. The zero-order valence-corrected chi connectivity index (χ0v) is 19.5. The van der Waals surface area contributed by atoms with Crippen molar-refractivity contribution in [2.24, 2.45) is 11.7 Å². The Morgan fingerprint density at radius 2 is 1.87 bits per heavy atom. The number of hydrogen-bond acceptors (Lipinski definition) is 4. The van der Waals surface area contributed by atoms with Crippen LogP contribution in [-0.2, 0) is 22.9 Å². The first-order valence-electron chi connectivity index (χ1n) is 11.0. The summed E-state index contributed by atoms with van der Waals surface area (Å²) in [5.74, 6) is 1.58. The lowest BCUT2D eigenvalue weighted by atomic mass is 9.76. The van der Waals surface area contributed by atoms with Gasteiger partial charge in [0.1, 0.15) is 12.4 Å². The molecule has 0 spiro atoms. The Morgan fingerprint density at radius 1 is 1.13 bits per heavy atom. The van der Waals surface area contributed by atoms with Crippen LogP contribution in [0.2, 0.25) is 5.02 Å². The maximum absolute atomic E-state index is 12.3. The second kappa shape index (κ2) is 9.49. The van der Waals surface area contributed by atoms with Crippen LogP contribution in [0, 0.1) is 5.92 Å². The average Bonchev–Trinajstić information content (AvgIpc) is 3.55. The summed E-state index contributed by atoms with van der Waals surface area (Å²) in [6.07, 6.45) is 4.85. The summed E-state index contributed by atoms with van der Waals surface area (Å²) < 4.78 is 32.0. The maximum atomic E-state index is 12.3. The summed E-state index contributed by atoms with van der Waals surface area (Å²) in [6, 6.07) is 14.2. The SMILES string of the molecule is CN(CCOc1ccc2c(c1)C(Cc1ccc(Cl)cc1)C(N)CC2)S(=O)(=O)CC1CC1. The van der Waals surface area contributed by atoms with Gasteiger partial charge in [0.15, 0.2) is 0 Å². The van der Waals surface area contributed by atoms with Gasteiger partial charge in [0.25, 0.3) is 0 Å². The van der Waals surface area contributed by atoms with Gasteiger partial charge in [0.05, 0.1) is 5.75 Å². The van der Waals surface area contributed by atoms with Crippen LogP contribution in [-0.4, -0.2) is 44.7 Å². The fraction of sp³-hybridized carbons (Fsp3) is 0.500. The number of ether oxygens (including phenoxy) is 1. The van der Waals surface area contributed by atoms with Crippen molar-refractivity contribution in [1.82, 2.24) is 4.31 Å². The molecule has 1 saturated carbocycles. The Kier molecular flexibility index (Phi) is 6.92.